The molecule has 3 heterocycles. The molecule has 1 aliphatic rings. The van der Waals surface area contributed by atoms with E-state index < -0.39 is 17.7 Å². The molecular formula is C28H24N2O6. The van der Waals surface area contributed by atoms with Gasteiger partial charge in [-0.15, -0.1) is 0 Å². The van der Waals surface area contributed by atoms with Gasteiger partial charge in [-0.25, -0.2) is 4.79 Å². The molecule has 1 fully saturated rings. The minimum atomic E-state index is -0.868. The number of esters is 1. The number of nitrogens with one attached hydrogen (secondary N) is 1. The van der Waals surface area contributed by atoms with Crippen molar-refractivity contribution in [3.8, 4) is 16.9 Å². The van der Waals surface area contributed by atoms with E-state index in [-0.39, 0.29) is 28.8 Å². The van der Waals surface area contributed by atoms with E-state index in [1.807, 2.05) is 48.5 Å². The molecule has 8 heteroatoms. The van der Waals surface area contributed by atoms with Gasteiger partial charge in [-0.05, 0) is 35.9 Å². The predicted octanol–water partition coefficient (Wildman–Crippen LogP) is 4.47. The molecule has 4 aromatic rings. The van der Waals surface area contributed by atoms with Gasteiger partial charge >= 0.3 is 5.97 Å². The van der Waals surface area contributed by atoms with Crippen LogP contribution in [-0.4, -0.2) is 46.5 Å². The minimum Gasteiger partial charge on any atom is -0.507 e. The summed E-state index contributed by atoms with van der Waals surface area (Å²) in [5.41, 5.74) is 2.61. The van der Waals surface area contributed by atoms with Crippen molar-refractivity contribution in [3.63, 3.8) is 0 Å². The molecule has 182 valence electrons. The Balaban J connectivity index is 1.36. The fourth-order valence-corrected chi connectivity index (χ4v) is 4.28. The highest BCUT2D eigenvalue weighted by Crippen LogP contribution is 2.29. The minimum absolute atomic E-state index is 0.0187. The summed E-state index contributed by atoms with van der Waals surface area (Å²) in [7, 11) is 0. The lowest BCUT2D eigenvalue weighted by Gasteiger charge is -2.22. The van der Waals surface area contributed by atoms with Crippen LogP contribution in [-0.2, 0) is 14.3 Å². The van der Waals surface area contributed by atoms with Crippen LogP contribution < -0.4 is 5.32 Å². The molecule has 1 amide bonds. The van der Waals surface area contributed by atoms with Gasteiger partial charge in [0.2, 0.25) is 0 Å². The monoisotopic (exact) mass is 484 g/mol. The van der Waals surface area contributed by atoms with Gasteiger partial charge in [0.05, 0.1) is 13.2 Å². The number of hydrogen-bond acceptors (Lipinski definition) is 6. The Labute approximate surface area is 207 Å². The van der Waals surface area contributed by atoms with Crippen LogP contribution in [0.25, 0.3) is 16.6 Å². The summed E-state index contributed by atoms with van der Waals surface area (Å²) in [5, 5.41) is 12.9. The lowest BCUT2D eigenvalue weighted by molar-refractivity contribution is -0.112. The van der Waals surface area contributed by atoms with Gasteiger partial charge in [0.1, 0.15) is 23.1 Å². The van der Waals surface area contributed by atoms with Crippen LogP contribution in [0.15, 0.2) is 79.0 Å². The molecule has 1 saturated heterocycles. The topological polar surface area (TPSA) is 106 Å². The van der Waals surface area contributed by atoms with Crippen molar-refractivity contribution >= 4 is 28.9 Å². The molecule has 0 atom stereocenters. The van der Waals surface area contributed by atoms with Crippen LogP contribution in [0.5, 0.6) is 5.75 Å². The summed E-state index contributed by atoms with van der Waals surface area (Å²) in [6, 6.07) is 20.7. The number of rotatable bonds is 6. The molecule has 0 saturated carbocycles. The van der Waals surface area contributed by atoms with E-state index in [2.05, 4.69) is 5.32 Å². The van der Waals surface area contributed by atoms with Crippen molar-refractivity contribution in [1.29, 1.82) is 0 Å². The summed E-state index contributed by atoms with van der Waals surface area (Å²) in [6.45, 7) is 1.04. The SMILES string of the molecule is O=C(Nc1ccc(C(=O)OC2CCOCC2)c(O)c1)C(=O)c1c(-c2ccccc2)cc2ccccn12. The first-order chi connectivity index (χ1) is 17.5. The number of hydrogen-bond donors (Lipinski definition) is 2. The van der Waals surface area contributed by atoms with Crippen LogP contribution in [0.3, 0.4) is 0 Å². The van der Waals surface area contributed by atoms with Crippen molar-refractivity contribution in [2.24, 2.45) is 0 Å². The largest absolute Gasteiger partial charge is 0.507 e. The molecule has 1 aliphatic heterocycles. The Bertz CT molecular complexity index is 1440. The highest BCUT2D eigenvalue weighted by molar-refractivity contribution is 6.47. The number of aromatic nitrogens is 1. The molecule has 5 rings (SSSR count). The molecule has 0 aliphatic carbocycles. The lowest BCUT2D eigenvalue weighted by atomic mass is 10.0. The number of carbonyl (C=O) groups excluding carboxylic acids is 3. The maximum Gasteiger partial charge on any atom is 0.342 e. The number of aromatic hydroxyl groups is 1. The molecule has 2 aromatic carbocycles. The number of pyridine rings is 1. The van der Waals surface area contributed by atoms with Crippen molar-refractivity contribution in [2.45, 2.75) is 18.9 Å². The molecule has 0 bridgehead atoms. The number of Topliss-reactive ketones (excluding diaryl/α,β-unsaturated/α-hetero) is 1. The zero-order chi connectivity index (χ0) is 25.1. The third-order valence-corrected chi connectivity index (χ3v) is 6.10. The number of benzene rings is 2. The Kier molecular flexibility index (Phi) is 6.51. The second kappa shape index (κ2) is 10.1. The summed E-state index contributed by atoms with van der Waals surface area (Å²) in [5.74, 6) is -2.61. The average Bonchev–Trinajstić information content (AvgIpc) is 3.29. The quantitative estimate of drug-likeness (QED) is 0.238. The van der Waals surface area contributed by atoms with E-state index in [1.165, 1.54) is 18.2 Å². The molecule has 0 spiro atoms. The highest BCUT2D eigenvalue weighted by Gasteiger charge is 2.26. The number of phenolic OH excluding ortho intramolecular Hbond substituents is 1. The first-order valence-corrected chi connectivity index (χ1v) is 11.6. The molecule has 0 radical (unpaired) electrons. The van der Waals surface area contributed by atoms with E-state index in [0.717, 1.165) is 11.1 Å². The number of ether oxygens (including phenoxy) is 2. The van der Waals surface area contributed by atoms with Crippen LogP contribution in [0.2, 0.25) is 0 Å². The van der Waals surface area contributed by atoms with Crippen LogP contribution >= 0.6 is 0 Å². The molecule has 0 unspecified atom stereocenters. The number of fused-ring (bicyclic) bond motifs is 1. The summed E-state index contributed by atoms with van der Waals surface area (Å²) < 4.78 is 12.4. The first-order valence-electron chi connectivity index (χ1n) is 11.6. The molecule has 2 N–H and O–H groups in total. The molecule has 36 heavy (non-hydrogen) atoms. The fourth-order valence-electron chi connectivity index (χ4n) is 4.28. The Morgan fingerprint density at radius 3 is 2.44 bits per heavy atom. The third kappa shape index (κ3) is 4.71. The van der Waals surface area contributed by atoms with E-state index in [9.17, 15) is 19.5 Å². The standard InChI is InChI=1S/C28H24N2O6/c31-24-16-19(9-10-22(24)28(34)36-21-11-14-35-15-12-21)29-27(33)26(32)25-23(18-6-2-1-3-7-18)17-20-8-4-5-13-30(20)25/h1-10,13,16-17,21,31H,11-12,14-15H2,(H,29,33). The normalized spacial score (nSPS) is 13.9. The predicted molar refractivity (Wildman–Crippen MR) is 133 cm³/mol. The number of anilines is 1. The van der Waals surface area contributed by atoms with Gasteiger partial charge in [0, 0.05) is 41.9 Å². The van der Waals surface area contributed by atoms with E-state index in [1.54, 1.807) is 16.7 Å². The second-order valence-corrected chi connectivity index (χ2v) is 8.50. The summed E-state index contributed by atoms with van der Waals surface area (Å²) >= 11 is 0. The number of carbonyl (C=O) groups is 3. The van der Waals surface area contributed by atoms with Gasteiger partial charge in [-0.2, -0.15) is 0 Å². The van der Waals surface area contributed by atoms with Crippen molar-refractivity contribution < 1.29 is 29.0 Å². The van der Waals surface area contributed by atoms with Gasteiger partial charge in [0.25, 0.3) is 11.7 Å². The van der Waals surface area contributed by atoms with E-state index in [0.29, 0.717) is 31.6 Å². The van der Waals surface area contributed by atoms with Crippen molar-refractivity contribution in [2.75, 3.05) is 18.5 Å². The van der Waals surface area contributed by atoms with Gasteiger partial charge in [0.15, 0.2) is 0 Å². The summed E-state index contributed by atoms with van der Waals surface area (Å²) in [4.78, 5) is 38.8. The van der Waals surface area contributed by atoms with Gasteiger partial charge in [-0.3, -0.25) is 9.59 Å². The summed E-state index contributed by atoms with van der Waals surface area (Å²) in [6.07, 6.45) is 2.66. The van der Waals surface area contributed by atoms with Crippen LogP contribution in [0.4, 0.5) is 5.69 Å². The number of phenols is 1. The Hall–Kier alpha value is -4.43. The zero-order valence-electron chi connectivity index (χ0n) is 19.3. The number of nitrogens with zero attached hydrogens (tertiary/aromatic N) is 1. The lowest BCUT2D eigenvalue weighted by Crippen LogP contribution is -2.26. The fraction of sp³-hybridized carbons (Fsp3) is 0.179. The number of ketones is 1. The number of amides is 1. The Morgan fingerprint density at radius 1 is 0.944 bits per heavy atom. The molecular weight excluding hydrogens is 460 g/mol. The van der Waals surface area contributed by atoms with Gasteiger partial charge < -0.3 is 24.3 Å². The van der Waals surface area contributed by atoms with E-state index >= 15 is 0 Å². The van der Waals surface area contributed by atoms with E-state index in [4.69, 9.17) is 9.47 Å². The van der Waals surface area contributed by atoms with Crippen LogP contribution in [0, 0.1) is 0 Å². The maximum absolute atomic E-state index is 13.3. The van der Waals surface area contributed by atoms with Crippen molar-refractivity contribution in [3.05, 3.63) is 90.3 Å². The van der Waals surface area contributed by atoms with Crippen molar-refractivity contribution in [1.82, 2.24) is 4.40 Å². The average molecular weight is 485 g/mol. The smallest absolute Gasteiger partial charge is 0.342 e. The second-order valence-electron chi connectivity index (χ2n) is 8.50. The maximum atomic E-state index is 13.3. The molecule has 2 aromatic heterocycles. The molecule has 8 nitrogen and oxygen atoms in total. The zero-order valence-corrected chi connectivity index (χ0v) is 19.3. The third-order valence-electron chi connectivity index (χ3n) is 6.10. The van der Waals surface area contributed by atoms with Crippen LogP contribution in [0.1, 0.15) is 33.7 Å². The highest BCUT2D eigenvalue weighted by atomic mass is 16.6. The first kappa shape index (κ1) is 23.3. The Morgan fingerprint density at radius 2 is 1.69 bits per heavy atom. The van der Waals surface area contributed by atoms with Gasteiger partial charge in [-0.1, -0.05) is 36.4 Å².